The number of aliphatic imine (C=N–C) groups is 1. The summed E-state index contributed by atoms with van der Waals surface area (Å²) in [4.78, 5) is 20.3. The van der Waals surface area contributed by atoms with Crippen molar-refractivity contribution < 1.29 is 14.7 Å². The Morgan fingerprint density at radius 1 is 1.57 bits per heavy atom. The number of rotatable bonds is 6. The van der Waals surface area contributed by atoms with Gasteiger partial charge < -0.3 is 10.4 Å². The highest BCUT2D eigenvalue weighted by atomic mass is 35.5. The van der Waals surface area contributed by atoms with E-state index < -0.39 is 5.97 Å². The average Bonchev–Trinajstić information content (AvgIpc) is 2.86. The quantitative estimate of drug-likeness (QED) is 0.790. The molecule has 0 fully saturated rings. The minimum Gasteiger partial charge on any atom is -0.481 e. The van der Waals surface area contributed by atoms with E-state index in [1.807, 2.05) is 25.1 Å². The van der Waals surface area contributed by atoms with E-state index >= 15 is 0 Å². The standard InChI is InChI=1S/C14H18ClN3O3/c1-10-4-2-5-11(15)13(10)17-14-16-7-8-18(14)21-9-3-6-12(19)20/h2,4-5H,3,6-9H2,1H3,(H,16,17)(H,19,20). The molecule has 1 heterocycles. The van der Waals surface area contributed by atoms with Crippen molar-refractivity contribution in [2.75, 3.05) is 25.0 Å². The SMILES string of the molecule is Cc1cccc(Cl)c1NC1=NCCN1OCCCC(=O)O. The van der Waals surface area contributed by atoms with Gasteiger partial charge in [-0.2, -0.15) is 0 Å². The monoisotopic (exact) mass is 311 g/mol. The maximum Gasteiger partial charge on any atom is 0.303 e. The normalized spacial score (nSPS) is 14.2. The number of hydroxylamine groups is 2. The minimum absolute atomic E-state index is 0.0946. The lowest BCUT2D eigenvalue weighted by atomic mass is 10.2. The number of hydrogen-bond donors (Lipinski definition) is 2. The molecule has 0 bridgehead atoms. The summed E-state index contributed by atoms with van der Waals surface area (Å²) >= 11 is 6.18. The van der Waals surface area contributed by atoms with Gasteiger partial charge in [0, 0.05) is 6.42 Å². The molecule has 1 aromatic carbocycles. The summed E-state index contributed by atoms with van der Waals surface area (Å²) in [6.07, 6.45) is 0.557. The summed E-state index contributed by atoms with van der Waals surface area (Å²) in [5, 5.41) is 14.0. The molecule has 7 heteroatoms. The van der Waals surface area contributed by atoms with Gasteiger partial charge in [-0.3, -0.25) is 9.63 Å². The number of nitrogens with zero attached hydrogens (tertiary/aromatic N) is 2. The minimum atomic E-state index is -0.821. The molecule has 0 unspecified atom stereocenters. The van der Waals surface area contributed by atoms with Crippen LogP contribution in [0.1, 0.15) is 18.4 Å². The van der Waals surface area contributed by atoms with E-state index in [9.17, 15) is 4.79 Å². The van der Waals surface area contributed by atoms with Crippen molar-refractivity contribution in [3.63, 3.8) is 0 Å². The van der Waals surface area contributed by atoms with E-state index in [-0.39, 0.29) is 6.42 Å². The predicted molar refractivity (Wildman–Crippen MR) is 81.6 cm³/mol. The molecule has 6 nitrogen and oxygen atoms in total. The zero-order chi connectivity index (χ0) is 15.2. The van der Waals surface area contributed by atoms with Gasteiger partial charge in [0.1, 0.15) is 0 Å². The molecular formula is C14H18ClN3O3. The van der Waals surface area contributed by atoms with Crippen molar-refractivity contribution in [2.45, 2.75) is 19.8 Å². The number of carboxylic acid groups (broad SMARTS) is 1. The van der Waals surface area contributed by atoms with Crippen LogP contribution in [0.3, 0.4) is 0 Å². The molecule has 0 radical (unpaired) electrons. The first-order valence-corrected chi connectivity index (χ1v) is 7.14. The molecule has 2 N–H and O–H groups in total. The molecule has 21 heavy (non-hydrogen) atoms. The fourth-order valence-electron chi connectivity index (χ4n) is 1.96. The number of carbonyl (C=O) groups is 1. The topological polar surface area (TPSA) is 74.2 Å². The van der Waals surface area contributed by atoms with Crippen molar-refractivity contribution in [3.8, 4) is 0 Å². The van der Waals surface area contributed by atoms with Gasteiger partial charge in [0.05, 0.1) is 30.4 Å². The first-order valence-electron chi connectivity index (χ1n) is 6.77. The summed E-state index contributed by atoms with van der Waals surface area (Å²) in [5.74, 6) is -0.222. The van der Waals surface area contributed by atoms with Crippen LogP contribution in [-0.4, -0.2) is 41.8 Å². The molecule has 0 aliphatic carbocycles. The zero-order valence-electron chi connectivity index (χ0n) is 11.8. The average molecular weight is 312 g/mol. The van der Waals surface area contributed by atoms with Gasteiger partial charge in [0.15, 0.2) is 0 Å². The van der Waals surface area contributed by atoms with Gasteiger partial charge in [-0.05, 0) is 25.0 Å². The second-order valence-corrected chi connectivity index (χ2v) is 5.10. The fraction of sp³-hybridized carbons (Fsp3) is 0.429. The van der Waals surface area contributed by atoms with Gasteiger partial charge in [0.2, 0.25) is 5.96 Å². The van der Waals surface area contributed by atoms with Crippen molar-refractivity contribution in [1.82, 2.24) is 5.06 Å². The number of guanidine groups is 1. The second kappa shape index (κ2) is 7.28. The number of carboxylic acids is 1. The van der Waals surface area contributed by atoms with Crippen LogP contribution in [-0.2, 0) is 9.63 Å². The van der Waals surface area contributed by atoms with Crippen LogP contribution in [0.25, 0.3) is 0 Å². The Balaban J connectivity index is 1.91. The van der Waals surface area contributed by atoms with Crippen LogP contribution in [0.2, 0.25) is 5.02 Å². The molecule has 0 aromatic heterocycles. The maximum atomic E-state index is 10.5. The number of anilines is 1. The van der Waals surface area contributed by atoms with Gasteiger partial charge in [-0.25, -0.2) is 10.1 Å². The lowest BCUT2D eigenvalue weighted by molar-refractivity contribution is -0.138. The number of para-hydroxylation sites is 1. The summed E-state index contributed by atoms with van der Waals surface area (Å²) in [6.45, 7) is 3.57. The molecule has 0 amide bonds. The molecule has 1 aromatic rings. The van der Waals surface area contributed by atoms with Gasteiger partial charge in [-0.15, -0.1) is 0 Å². The van der Waals surface area contributed by atoms with E-state index in [0.717, 1.165) is 11.3 Å². The number of nitrogens with one attached hydrogen (secondary N) is 1. The van der Waals surface area contributed by atoms with Gasteiger partial charge in [-0.1, -0.05) is 23.7 Å². The Kier molecular flexibility index (Phi) is 5.41. The lowest BCUT2D eigenvalue weighted by Crippen LogP contribution is -2.34. The third kappa shape index (κ3) is 4.34. The first-order chi connectivity index (χ1) is 10.1. The summed E-state index contributed by atoms with van der Waals surface area (Å²) in [7, 11) is 0. The molecule has 114 valence electrons. The molecule has 0 saturated carbocycles. The number of benzene rings is 1. The number of hydrogen-bond acceptors (Lipinski definition) is 5. The van der Waals surface area contributed by atoms with Crippen molar-refractivity contribution in [1.29, 1.82) is 0 Å². The fourth-order valence-corrected chi connectivity index (χ4v) is 2.23. The van der Waals surface area contributed by atoms with E-state index in [0.29, 0.717) is 37.1 Å². The molecule has 0 spiro atoms. The highest BCUT2D eigenvalue weighted by molar-refractivity contribution is 6.34. The van der Waals surface area contributed by atoms with Crippen LogP contribution in [0.15, 0.2) is 23.2 Å². The summed E-state index contributed by atoms with van der Waals surface area (Å²) in [5.41, 5.74) is 1.82. The van der Waals surface area contributed by atoms with Crippen molar-refractivity contribution >= 4 is 29.2 Å². The van der Waals surface area contributed by atoms with E-state index in [1.54, 1.807) is 5.06 Å². The van der Waals surface area contributed by atoms with Crippen LogP contribution in [0, 0.1) is 6.92 Å². The molecule has 1 aliphatic heterocycles. The number of halogens is 1. The van der Waals surface area contributed by atoms with E-state index in [1.165, 1.54) is 0 Å². The summed E-state index contributed by atoms with van der Waals surface area (Å²) in [6, 6.07) is 5.66. The number of aliphatic carboxylic acids is 1. The number of aryl methyl sites for hydroxylation is 1. The smallest absolute Gasteiger partial charge is 0.303 e. The van der Waals surface area contributed by atoms with Crippen LogP contribution in [0.4, 0.5) is 5.69 Å². The van der Waals surface area contributed by atoms with Crippen molar-refractivity contribution in [2.24, 2.45) is 4.99 Å². The Bertz CT molecular complexity index is 528. The predicted octanol–water partition coefficient (Wildman–Crippen LogP) is 2.53. The zero-order valence-corrected chi connectivity index (χ0v) is 12.6. The Morgan fingerprint density at radius 2 is 2.38 bits per heavy atom. The highest BCUT2D eigenvalue weighted by Crippen LogP contribution is 2.26. The molecule has 0 saturated heterocycles. The maximum absolute atomic E-state index is 10.5. The molecule has 0 atom stereocenters. The Hall–Kier alpha value is -1.79. The highest BCUT2D eigenvalue weighted by Gasteiger charge is 2.19. The van der Waals surface area contributed by atoms with Gasteiger partial charge >= 0.3 is 5.97 Å². The van der Waals surface area contributed by atoms with E-state index in [4.69, 9.17) is 21.5 Å². The first kappa shape index (κ1) is 15.6. The van der Waals surface area contributed by atoms with Crippen LogP contribution >= 0.6 is 11.6 Å². The molecule has 2 rings (SSSR count). The summed E-state index contributed by atoms with van der Waals surface area (Å²) < 4.78 is 0. The van der Waals surface area contributed by atoms with Gasteiger partial charge in [0.25, 0.3) is 0 Å². The third-order valence-corrected chi connectivity index (χ3v) is 3.36. The molecular weight excluding hydrogens is 294 g/mol. The largest absolute Gasteiger partial charge is 0.481 e. The third-order valence-electron chi connectivity index (χ3n) is 3.04. The van der Waals surface area contributed by atoms with E-state index in [2.05, 4.69) is 10.3 Å². The van der Waals surface area contributed by atoms with Crippen LogP contribution in [0.5, 0.6) is 0 Å². The second-order valence-electron chi connectivity index (χ2n) is 4.69. The Morgan fingerprint density at radius 3 is 3.10 bits per heavy atom. The van der Waals surface area contributed by atoms with Crippen LogP contribution < -0.4 is 5.32 Å². The molecule has 1 aliphatic rings. The lowest BCUT2D eigenvalue weighted by Gasteiger charge is -2.21. The van der Waals surface area contributed by atoms with Crippen molar-refractivity contribution in [3.05, 3.63) is 28.8 Å². The Labute approximate surface area is 128 Å².